The maximum Gasteiger partial charge on any atom is 0.0643 e. The zero-order valence-electron chi connectivity index (χ0n) is 7.26. The first-order chi connectivity index (χ1) is 5.70. The number of halogens is 1. The molecule has 0 aromatic carbocycles. The fourth-order valence-electron chi connectivity index (χ4n) is 1.42. The minimum absolute atomic E-state index is 0.00926. The topological polar surface area (TPSA) is 52.0 Å². The first-order valence-corrected chi connectivity index (χ1v) is 4.65. The van der Waals surface area contributed by atoms with Crippen LogP contribution in [0, 0.1) is 5.92 Å². The number of hydrogen-bond donors (Lipinski definition) is 2. The van der Waals surface area contributed by atoms with Crippen molar-refractivity contribution in [2.45, 2.75) is 18.7 Å². The van der Waals surface area contributed by atoms with Crippen LogP contribution in [0.2, 0.25) is 0 Å². The van der Waals surface area contributed by atoms with Crippen molar-refractivity contribution in [3.63, 3.8) is 0 Å². The molecule has 0 saturated carbocycles. The van der Waals surface area contributed by atoms with Gasteiger partial charge in [-0.25, -0.2) is 0 Å². The molecule has 0 saturated heterocycles. The molecule has 1 aliphatic rings. The Kier molecular flexibility index (Phi) is 3.18. The van der Waals surface area contributed by atoms with Crippen LogP contribution in [0.25, 0.3) is 0 Å². The lowest BCUT2D eigenvalue weighted by atomic mass is 9.90. The normalized spacial score (nSPS) is 29.6. The third kappa shape index (κ3) is 1.65. The van der Waals surface area contributed by atoms with Crippen LogP contribution in [0.1, 0.15) is 13.3 Å². The SMILES string of the molecule is CC[C@H]1C=CC(N)=C(CN)C1Cl. The molecular formula is C9H15ClN2. The maximum atomic E-state index is 6.17. The van der Waals surface area contributed by atoms with E-state index in [0.29, 0.717) is 12.5 Å². The molecule has 0 heterocycles. The van der Waals surface area contributed by atoms with Crippen LogP contribution in [0.15, 0.2) is 23.4 Å². The van der Waals surface area contributed by atoms with Crippen LogP contribution in [0.5, 0.6) is 0 Å². The highest BCUT2D eigenvalue weighted by Gasteiger charge is 2.23. The van der Waals surface area contributed by atoms with Gasteiger partial charge in [0.25, 0.3) is 0 Å². The molecule has 0 spiro atoms. The summed E-state index contributed by atoms with van der Waals surface area (Å²) in [5.41, 5.74) is 13.0. The van der Waals surface area contributed by atoms with E-state index in [1.807, 2.05) is 6.08 Å². The van der Waals surface area contributed by atoms with Gasteiger partial charge in [0.2, 0.25) is 0 Å². The van der Waals surface area contributed by atoms with E-state index in [1.54, 1.807) is 0 Å². The lowest BCUT2D eigenvalue weighted by molar-refractivity contribution is 0.610. The van der Waals surface area contributed by atoms with Crippen LogP contribution in [-0.2, 0) is 0 Å². The summed E-state index contributed by atoms with van der Waals surface area (Å²) in [4.78, 5) is 0. The zero-order chi connectivity index (χ0) is 9.14. The Hall–Kier alpha value is -0.470. The Morgan fingerprint density at radius 1 is 1.58 bits per heavy atom. The third-order valence-corrected chi connectivity index (χ3v) is 2.88. The number of rotatable bonds is 2. The summed E-state index contributed by atoms with van der Waals surface area (Å²) in [7, 11) is 0. The molecule has 2 atom stereocenters. The average Bonchev–Trinajstić information content (AvgIpc) is 2.06. The Labute approximate surface area is 78.3 Å². The van der Waals surface area contributed by atoms with Crippen molar-refractivity contribution in [3.8, 4) is 0 Å². The zero-order valence-corrected chi connectivity index (χ0v) is 8.01. The van der Waals surface area contributed by atoms with Crippen LogP contribution in [0.4, 0.5) is 0 Å². The van der Waals surface area contributed by atoms with Gasteiger partial charge in [-0.05, 0) is 24.0 Å². The molecule has 1 aliphatic carbocycles. The van der Waals surface area contributed by atoms with E-state index in [4.69, 9.17) is 23.1 Å². The summed E-state index contributed by atoms with van der Waals surface area (Å²) in [5, 5.41) is -0.00926. The van der Waals surface area contributed by atoms with E-state index in [9.17, 15) is 0 Å². The Bertz CT molecular complexity index is 221. The monoisotopic (exact) mass is 186 g/mol. The Morgan fingerprint density at radius 3 is 2.75 bits per heavy atom. The molecule has 0 aromatic rings. The second-order valence-corrected chi connectivity index (χ2v) is 3.49. The number of alkyl halides is 1. The Balaban J connectivity index is 2.85. The smallest absolute Gasteiger partial charge is 0.0643 e. The lowest BCUT2D eigenvalue weighted by Crippen LogP contribution is -2.26. The molecule has 2 nitrogen and oxygen atoms in total. The summed E-state index contributed by atoms with van der Waals surface area (Å²) in [5.74, 6) is 0.387. The standard InChI is InChI=1S/C9H15ClN2/c1-2-6-3-4-8(12)7(5-11)9(6)10/h3-4,6,9H,2,5,11-12H2,1H3/t6-,9?/m0/s1. The van der Waals surface area contributed by atoms with Crippen LogP contribution >= 0.6 is 11.6 Å². The molecule has 0 bridgehead atoms. The fraction of sp³-hybridized carbons (Fsp3) is 0.556. The third-order valence-electron chi connectivity index (χ3n) is 2.29. The molecule has 0 aromatic heterocycles. The summed E-state index contributed by atoms with van der Waals surface area (Å²) in [6, 6.07) is 0. The molecule has 4 N–H and O–H groups in total. The van der Waals surface area contributed by atoms with Crippen molar-refractivity contribution < 1.29 is 0 Å². The van der Waals surface area contributed by atoms with Gasteiger partial charge in [-0.3, -0.25) is 0 Å². The van der Waals surface area contributed by atoms with Gasteiger partial charge in [0, 0.05) is 12.2 Å². The van der Waals surface area contributed by atoms with Gasteiger partial charge in [-0.1, -0.05) is 13.0 Å². The minimum Gasteiger partial charge on any atom is -0.399 e. The molecular weight excluding hydrogens is 172 g/mol. The second kappa shape index (κ2) is 3.97. The first-order valence-electron chi connectivity index (χ1n) is 4.21. The lowest BCUT2D eigenvalue weighted by Gasteiger charge is -2.24. The minimum atomic E-state index is -0.00926. The second-order valence-electron chi connectivity index (χ2n) is 3.02. The van der Waals surface area contributed by atoms with Crippen molar-refractivity contribution in [2.24, 2.45) is 17.4 Å². The number of hydrogen-bond acceptors (Lipinski definition) is 2. The van der Waals surface area contributed by atoms with Gasteiger partial charge < -0.3 is 11.5 Å². The van der Waals surface area contributed by atoms with Gasteiger partial charge in [0.1, 0.15) is 0 Å². The van der Waals surface area contributed by atoms with E-state index in [0.717, 1.165) is 17.7 Å². The molecule has 0 fully saturated rings. The Morgan fingerprint density at radius 2 is 2.25 bits per heavy atom. The highest BCUT2D eigenvalue weighted by Crippen LogP contribution is 2.28. The fourth-order valence-corrected chi connectivity index (χ4v) is 1.90. The summed E-state index contributed by atoms with van der Waals surface area (Å²) in [6.07, 6.45) is 5.00. The molecule has 3 heteroatoms. The van der Waals surface area contributed by atoms with E-state index >= 15 is 0 Å². The van der Waals surface area contributed by atoms with Gasteiger partial charge in [-0.15, -0.1) is 11.6 Å². The molecule has 0 amide bonds. The van der Waals surface area contributed by atoms with Crippen LogP contribution in [0.3, 0.4) is 0 Å². The largest absolute Gasteiger partial charge is 0.399 e. The van der Waals surface area contributed by atoms with Gasteiger partial charge in [-0.2, -0.15) is 0 Å². The molecule has 0 radical (unpaired) electrons. The molecule has 68 valence electrons. The van der Waals surface area contributed by atoms with E-state index in [-0.39, 0.29) is 5.38 Å². The molecule has 1 unspecified atom stereocenters. The predicted molar refractivity (Wildman–Crippen MR) is 52.8 cm³/mol. The summed E-state index contributed by atoms with van der Waals surface area (Å²) < 4.78 is 0. The highest BCUT2D eigenvalue weighted by molar-refractivity contribution is 6.23. The summed E-state index contributed by atoms with van der Waals surface area (Å²) >= 11 is 6.17. The van der Waals surface area contributed by atoms with Crippen molar-refractivity contribution >= 4 is 11.6 Å². The van der Waals surface area contributed by atoms with E-state index in [2.05, 4.69) is 13.0 Å². The van der Waals surface area contributed by atoms with Crippen LogP contribution < -0.4 is 11.5 Å². The van der Waals surface area contributed by atoms with Crippen molar-refractivity contribution in [3.05, 3.63) is 23.4 Å². The van der Waals surface area contributed by atoms with Gasteiger partial charge >= 0.3 is 0 Å². The van der Waals surface area contributed by atoms with Crippen molar-refractivity contribution in [1.29, 1.82) is 0 Å². The quantitative estimate of drug-likeness (QED) is 0.640. The van der Waals surface area contributed by atoms with Crippen molar-refractivity contribution in [2.75, 3.05) is 6.54 Å². The van der Waals surface area contributed by atoms with Crippen LogP contribution in [-0.4, -0.2) is 11.9 Å². The molecule has 12 heavy (non-hydrogen) atoms. The number of nitrogens with two attached hydrogens (primary N) is 2. The van der Waals surface area contributed by atoms with Gasteiger partial charge in [0.15, 0.2) is 0 Å². The van der Waals surface area contributed by atoms with E-state index < -0.39 is 0 Å². The highest BCUT2D eigenvalue weighted by atomic mass is 35.5. The van der Waals surface area contributed by atoms with Gasteiger partial charge in [0.05, 0.1) is 5.38 Å². The predicted octanol–water partition coefficient (Wildman–Crippen LogP) is 1.36. The number of allylic oxidation sites excluding steroid dienone is 2. The molecule has 1 rings (SSSR count). The average molecular weight is 187 g/mol. The van der Waals surface area contributed by atoms with Crippen molar-refractivity contribution in [1.82, 2.24) is 0 Å². The summed E-state index contributed by atoms with van der Waals surface area (Å²) in [6.45, 7) is 2.57. The maximum absolute atomic E-state index is 6.17. The molecule has 0 aliphatic heterocycles. The first kappa shape index (κ1) is 9.62. The van der Waals surface area contributed by atoms with E-state index in [1.165, 1.54) is 0 Å².